The van der Waals surface area contributed by atoms with Gasteiger partial charge in [0.2, 0.25) is 0 Å². The zero-order valence-corrected chi connectivity index (χ0v) is 14.7. The summed E-state index contributed by atoms with van der Waals surface area (Å²) in [6.45, 7) is 3.40. The van der Waals surface area contributed by atoms with Crippen molar-refractivity contribution in [2.45, 2.75) is 18.7 Å². The Labute approximate surface area is 142 Å². The van der Waals surface area contributed by atoms with E-state index < -0.39 is 32.2 Å². The number of carboxylic acids is 1. The topological polar surface area (TPSA) is 104 Å². The van der Waals surface area contributed by atoms with E-state index in [1.165, 1.54) is 12.1 Å². The van der Waals surface area contributed by atoms with Crippen LogP contribution in [-0.2, 0) is 10.0 Å². The Morgan fingerprint density at radius 3 is 2.35 bits per heavy atom. The van der Waals surface area contributed by atoms with Gasteiger partial charge in [-0.3, -0.25) is 4.72 Å². The van der Waals surface area contributed by atoms with Gasteiger partial charge in [0.15, 0.2) is 5.75 Å². The number of anilines is 1. The summed E-state index contributed by atoms with van der Waals surface area (Å²) in [6.07, 6.45) is 0. The normalized spacial score (nSPS) is 11.3. The monoisotopic (exact) mass is 399 g/mol. The fourth-order valence-corrected chi connectivity index (χ4v) is 4.02. The second-order valence-corrected chi connectivity index (χ2v) is 7.56. The lowest BCUT2D eigenvalue weighted by Gasteiger charge is -2.13. The van der Waals surface area contributed by atoms with Crippen LogP contribution in [0.1, 0.15) is 21.5 Å². The maximum atomic E-state index is 12.5. The van der Waals surface area contributed by atoms with Gasteiger partial charge in [0.1, 0.15) is 10.5 Å². The molecule has 3 N–H and O–H groups in total. The number of phenols is 1. The second kappa shape index (κ2) is 6.21. The number of sulfonamides is 1. The van der Waals surface area contributed by atoms with Crippen molar-refractivity contribution in [3.05, 3.63) is 51.5 Å². The number of halogens is 1. The van der Waals surface area contributed by atoms with Crippen molar-refractivity contribution in [3.8, 4) is 5.75 Å². The van der Waals surface area contributed by atoms with E-state index in [1.807, 2.05) is 6.92 Å². The lowest BCUT2D eigenvalue weighted by molar-refractivity contribution is 0.0693. The van der Waals surface area contributed by atoms with Crippen LogP contribution >= 0.6 is 15.9 Å². The van der Waals surface area contributed by atoms with E-state index in [0.717, 1.165) is 5.56 Å². The Morgan fingerprint density at radius 2 is 1.78 bits per heavy atom. The van der Waals surface area contributed by atoms with Gasteiger partial charge in [-0.25, -0.2) is 13.2 Å². The smallest absolute Gasteiger partial charge is 0.339 e. The van der Waals surface area contributed by atoms with Gasteiger partial charge in [0, 0.05) is 4.47 Å². The quantitative estimate of drug-likeness (QED) is 0.731. The summed E-state index contributed by atoms with van der Waals surface area (Å²) in [4.78, 5) is 10.6. The number of aromatic carboxylic acids is 1. The molecule has 6 nitrogen and oxygen atoms in total. The van der Waals surface area contributed by atoms with E-state index in [4.69, 9.17) is 5.11 Å². The van der Waals surface area contributed by atoms with E-state index >= 15 is 0 Å². The minimum absolute atomic E-state index is 0.286. The highest BCUT2D eigenvalue weighted by Gasteiger charge is 2.24. The van der Waals surface area contributed by atoms with Crippen molar-refractivity contribution in [1.29, 1.82) is 0 Å². The average Bonchev–Trinajstić information content (AvgIpc) is 2.43. The molecule has 0 fully saturated rings. The summed E-state index contributed by atoms with van der Waals surface area (Å²) in [5.74, 6) is -2.20. The van der Waals surface area contributed by atoms with Crippen LogP contribution in [0.25, 0.3) is 0 Å². The van der Waals surface area contributed by atoms with Crippen LogP contribution in [0.5, 0.6) is 5.75 Å². The maximum Gasteiger partial charge on any atom is 0.339 e. The zero-order chi connectivity index (χ0) is 17.4. The summed E-state index contributed by atoms with van der Waals surface area (Å²) in [5, 5.41) is 19.1. The van der Waals surface area contributed by atoms with Crippen LogP contribution in [0.15, 0.2) is 39.7 Å². The van der Waals surface area contributed by atoms with Crippen LogP contribution in [0.2, 0.25) is 0 Å². The second-order valence-electron chi connectivity index (χ2n) is 5.05. The first-order chi connectivity index (χ1) is 10.6. The van der Waals surface area contributed by atoms with Gasteiger partial charge in [-0.1, -0.05) is 6.07 Å². The lowest BCUT2D eigenvalue weighted by atomic mass is 10.1. The number of carboxylic acid groups (broad SMARTS) is 1. The number of hydrogen-bond donors (Lipinski definition) is 3. The van der Waals surface area contributed by atoms with Crippen LogP contribution in [-0.4, -0.2) is 24.6 Å². The Hall–Kier alpha value is -2.06. The molecular formula is C15H14BrNO5S. The number of carbonyl (C=O) groups is 1. The molecule has 0 amide bonds. The molecule has 0 aromatic heterocycles. The third-order valence-electron chi connectivity index (χ3n) is 3.11. The highest BCUT2D eigenvalue weighted by molar-refractivity contribution is 9.10. The third kappa shape index (κ3) is 3.65. The van der Waals surface area contributed by atoms with Crippen molar-refractivity contribution >= 4 is 37.6 Å². The molecule has 0 spiro atoms. The first kappa shape index (κ1) is 17.3. The van der Waals surface area contributed by atoms with Crippen molar-refractivity contribution < 1.29 is 23.4 Å². The Balaban J connectivity index is 2.54. The van der Waals surface area contributed by atoms with Gasteiger partial charge in [-0.05, 0) is 65.2 Å². The van der Waals surface area contributed by atoms with Gasteiger partial charge in [0.25, 0.3) is 10.0 Å². The summed E-state index contributed by atoms with van der Waals surface area (Å²) < 4.78 is 27.9. The van der Waals surface area contributed by atoms with E-state index in [-0.39, 0.29) is 5.69 Å². The highest BCUT2D eigenvalue weighted by Crippen LogP contribution is 2.32. The molecule has 2 aromatic carbocycles. The van der Waals surface area contributed by atoms with Gasteiger partial charge in [0.05, 0.1) is 5.69 Å². The molecule has 0 heterocycles. The summed E-state index contributed by atoms with van der Waals surface area (Å²) in [5.41, 5.74) is 1.16. The van der Waals surface area contributed by atoms with E-state index in [0.29, 0.717) is 10.0 Å². The molecule has 0 unspecified atom stereocenters. The van der Waals surface area contributed by atoms with Crippen LogP contribution in [0, 0.1) is 13.8 Å². The van der Waals surface area contributed by atoms with Crippen LogP contribution in [0.3, 0.4) is 0 Å². The molecule has 23 heavy (non-hydrogen) atoms. The molecule has 2 rings (SSSR count). The molecule has 0 saturated carbocycles. The summed E-state index contributed by atoms with van der Waals surface area (Å²) >= 11 is 3.26. The Bertz CT molecular complexity index is 893. The summed E-state index contributed by atoms with van der Waals surface area (Å²) in [7, 11) is -4.15. The maximum absolute atomic E-state index is 12.5. The van der Waals surface area contributed by atoms with Gasteiger partial charge < -0.3 is 10.2 Å². The van der Waals surface area contributed by atoms with Gasteiger partial charge in [-0.15, -0.1) is 0 Å². The molecule has 8 heteroatoms. The first-order valence-electron chi connectivity index (χ1n) is 6.47. The van der Waals surface area contributed by atoms with Gasteiger partial charge in [-0.2, -0.15) is 0 Å². The molecular weight excluding hydrogens is 386 g/mol. The van der Waals surface area contributed by atoms with E-state index in [2.05, 4.69) is 20.7 Å². The minimum Gasteiger partial charge on any atom is -0.506 e. The fourth-order valence-electron chi connectivity index (χ4n) is 2.02. The molecule has 2 aromatic rings. The number of aromatic hydroxyl groups is 1. The molecule has 0 saturated heterocycles. The molecule has 0 radical (unpaired) electrons. The number of nitrogens with one attached hydrogen (secondary N) is 1. The predicted octanol–water partition coefficient (Wildman–Crippen LogP) is 3.27. The minimum atomic E-state index is -4.15. The molecule has 0 aliphatic heterocycles. The lowest BCUT2D eigenvalue weighted by Crippen LogP contribution is -2.15. The summed E-state index contributed by atoms with van der Waals surface area (Å²) in [6, 6.07) is 7.45. The SMILES string of the molecule is Cc1ccc(NS(=O)(=O)c2cc(C)cc(C(=O)O)c2O)c(Br)c1. The number of hydrogen-bond acceptors (Lipinski definition) is 4. The molecule has 122 valence electrons. The highest BCUT2D eigenvalue weighted by atomic mass is 79.9. The predicted molar refractivity (Wildman–Crippen MR) is 89.5 cm³/mol. The molecule has 0 atom stereocenters. The first-order valence-corrected chi connectivity index (χ1v) is 8.75. The Kier molecular flexibility index (Phi) is 4.67. The van der Waals surface area contributed by atoms with Crippen molar-refractivity contribution in [1.82, 2.24) is 0 Å². The van der Waals surface area contributed by atoms with Crippen molar-refractivity contribution in [2.24, 2.45) is 0 Å². The van der Waals surface area contributed by atoms with Crippen molar-refractivity contribution in [3.63, 3.8) is 0 Å². The standard InChI is InChI=1S/C15H14BrNO5S/c1-8-3-4-12(11(16)6-8)17-23(21,22)13-7-9(2)5-10(14(13)18)15(19)20/h3-7,17-18H,1-2H3,(H,19,20). The van der Waals surface area contributed by atoms with E-state index in [9.17, 15) is 18.3 Å². The number of benzene rings is 2. The average molecular weight is 400 g/mol. The van der Waals surface area contributed by atoms with E-state index in [1.54, 1.807) is 25.1 Å². The molecule has 0 aliphatic carbocycles. The number of aryl methyl sites for hydroxylation is 2. The largest absolute Gasteiger partial charge is 0.506 e. The Morgan fingerprint density at radius 1 is 1.13 bits per heavy atom. The zero-order valence-electron chi connectivity index (χ0n) is 12.3. The van der Waals surface area contributed by atoms with Crippen molar-refractivity contribution in [2.75, 3.05) is 4.72 Å². The fraction of sp³-hybridized carbons (Fsp3) is 0.133. The van der Waals surface area contributed by atoms with Crippen LogP contribution < -0.4 is 4.72 Å². The molecule has 0 aliphatic rings. The number of rotatable bonds is 4. The van der Waals surface area contributed by atoms with Crippen LogP contribution in [0.4, 0.5) is 5.69 Å². The van der Waals surface area contributed by atoms with Gasteiger partial charge >= 0.3 is 5.97 Å². The molecule has 0 bridgehead atoms. The third-order valence-corrected chi connectivity index (χ3v) is 5.14.